The van der Waals surface area contributed by atoms with Gasteiger partial charge < -0.3 is 15.4 Å². The van der Waals surface area contributed by atoms with Crippen LogP contribution in [0.1, 0.15) is 21.7 Å². The lowest BCUT2D eigenvalue weighted by molar-refractivity contribution is -0.121. The summed E-state index contributed by atoms with van der Waals surface area (Å²) in [5.74, 6) is -0.303. The van der Waals surface area contributed by atoms with Crippen molar-refractivity contribution in [3.8, 4) is 5.75 Å². The van der Waals surface area contributed by atoms with Gasteiger partial charge >= 0.3 is 0 Å². The minimum absolute atomic E-state index is 0.0289. The Morgan fingerprint density at radius 1 is 1.43 bits per heavy atom. The highest BCUT2D eigenvalue weighted by Gasteiger charge is 2.40. The molecule has 1 fully saturated rings. The van der Waals surface area contributed by atoms with Crippen LogP contribution in [0.15, 0.2) is 18.2 Å². The zero-order chi connectivity index (χ0) is 16.7. The van der Waals surface area contributed by atoms with Crippen molar-refractivity contribution >= 4 is 33.2 Å². The molecule has 1 aromatic heterocycles. The second-order valence-corrected chi connectivity index (χ2v) is 6.68. The van der Waals surface area contributed by atoms with E-state index in [0.717, 1.165) is 15.6 Å². The molecule has 1 aliphatic rings. The highest BCUT2D eigenvalue weighted by Crippen LogP contribution is 2.35. The van der Waals surface area contributed by atoms with E-state index in [1.165, 1.54) is 16.2 Å². The number of primary amides is 1. The summed E-state index contributed by atoms with van der Waals surface area (Å²) in [7, 11) is 1.58. The second-order valence-electron chi connectivity index (χ2n) is 5.63. The summed E-state index contributed by atoms with van der Waals surface area (Å²) in [6.45, 7) is 1.75. The normalized spacial score (nSPS) is 20.9. The van der Waals surface area contributed by atoms with Gasteiger partial charge in [0.1, 0.15) is 18.0 Å². The summed E-state index contributed by atoms with van der Waals surface area (Å²) in [5, 5.41) is 0.921. The van der Waals surface area contributed by atoms with Gasteiger partial charge in [0.2, 0.25) is 5.91 Å². The van der Waals surface area contributed by atoms with Gasteiger partial charge in [-0.2, -0.15) is 0 Å². The van der Waals surface area contributed by atoms with Crippen LogP contribution < -0.4 is 10.5 Å². The third kappa shape index (κ3) is 2.65. The number of nitrogens with zero attached hydrogens (tertiary/aromatic N) is 1. The first kappa shape index (κ1) is 15.7. The van der Waals surface area contributed by atoms with Crippen LogP contribution >= 0.6 is 11.3 Å². The topological polar surface area (TPSA) is 72.6 Å². The summed E-state index contributed by atoms with van der Waals surface area (Å²) in [4.78, 5) is 26.0. The number of fused-ring (bicyclic) bond motifs is 1. The number of carbonyl (C=O) groups is 2. The monoisotopic (exact) mass is 336 g/mol. The quantitative estimate of drug-likeness (QED) is 0.934. The predicted octanol–water partition coefficient (Wildman–Crippen LogP) is 2.26. The van der Waals surface area contributed by atoms with Gasteiger partial charge in [0, 0.05) is 11.1 Å². The number of thiophene rings is 1. The molecule has 122 valence electrons. The zero-order valence-electron chi connectivity index (χ0n) is 12.8. The highest BCUT2D eigenvalue weighted by atomic mass is 32.1. The molecular weight excluding hydrogens is 319 g/mol. The van der Waals surface area contributed by atoms with Gasteiger partial charge in [0.15, 0.2) is 0 Å². The van der Waals surface area contributed by atoms with Gasteiger partial charge in [-0.3, -0.25) is 9.59 Å². The molecule has 0 saturated carbocycles. The van der Waals surface area contributed by atoms with Crippen LogP contribution in [-0.2, 0) is 4.79 Å². The van der Waals surface area contributed by atoms with Crippen molar-refractivity contribution in [1.82, 2.24) is 4.90 Å². The van der Waals surface area contributed by atoms with Gasteiger partial charge in [0.25, 0.3) is 5.91 Å². The van der Waals surface area contributed by atoms with Crippen molar-refractivity contribution in [2.75, 3.05) is 13.7 Å². The van der Waals surface area contributed by atoms with Gasteiger partial charge in [-0.15, -0.1) is 11.3 Å². The first-order chi connectivity index (χ1) is 10.9. The number of rotatable bonds is 3. The van der Waals surface area contributed by atoms with E-state index in [-0.39, 0.29) is 18.9 Å². The number of ether oxygens (including phenoxy) is 1. The van der Waals surface area contributed by atoms with E-state index in [1.54, 1.807) is 7.11 Å². The van der Waals surface area contributed by atoms with E-state index < -0.39 is 18.1 Å². The minimum Gasteiger partial charge on any atom is -0.497 e. The molecule has 2 heterocycles. The number of alkyl halides is 1. The predicted molar refractivity (Wildman–Crippen MR) is 86.6 cm³/mol. The van der Waals surface area contributed by atoms with E-state index >= 15 is 0 Å². The molecule has 0 unspecified atom stereocenters. The molecule has 7 heteroatoms. The third-order valence-electron chi connectivity index (χ3n) is 4.18. The molecule has 2 atom stereocenters. The van der Waals surface area contributed by atoms with E-state index in [0.29, 0.717) is 10.6 Å². The van der Waals surface area contributed by atoms with Gasteiger partial charge in [-0.05, 0) is 36.1 Å². The standard InChI is InChI=1S/C16H17FN2O3S/c1-8-11-6-10(22-2)3-4-13(11)23-14(8)16(21)19-7-9(17)5-12(19)15(18)20/h3-4,6,9,12H,5,7H2,1-2H3,(H2,18,20)/t9-,12+/m1/s1. The fourth-order valence-electron chi connectivity index (χ4n) is 2.94. The Kier molecular flexibility index (Phi) is 3.97. The van der Waals surface area contributed by atoms with E-state index in [1.807, 2.05) is 25.1 Å². The van der Waals surface area contributed by atoms with Crippen LogP contribution in [0.5, 0.6) is 5.75 Å². The van der Waals surface area contributed by atoms with Crippen molar-refractivity contribution in [2.24, 2.45) is 5.73 Å². The molecule has 2 aromatic rings. The van der Waals surface area contributed by atoms with E-state index in [9.17, 15) is 14.0 Å². The maximum atomic E-state index is 13.6. The average molecular weight is 336 g/mol. The lowest BCUT2D eigenvalue weighted by atomic mass is 10.1. The number of likely N-dealkylation sites (tertiary alicyclic amines) is 1. The van der Waals surface area contributed by atoms with Crippen LogP contribution in [0, 0.1) is 6.92 Å². The van der Waals surface area contributed by atoms with Crippen molar-refractivity contribution in [2.45, 2.75) is 25.6 Å². The molecule has 1 saturated heterocycles. The molecule has 1 aromatic carbocycles. The maximum absolute atomic E-state index is 13.6. The molecule has 2 amide bonds. The SMILES string of the molecule is COc1ccc2sc(C(=O)N3C[C@H](F)C[C@H]3C(N)=O)c(C)c2c1. The van der Waals surface area contributed by atoms with E-state index in [2.05, 4.69) is 0 Å². The molecule has 0 spiro atoms. The second kappa shape index (κ2) is 5.81. The molecular formula is C16H17FN2O3S. The Labute approximate surface area is 136 Å². The first-order valence-electron chi connectivity index (χ1n) is 7.24. The van der Waals surface area contributed by atoms with Crippen LogP contribution in [0.25, 0.3) is 10.1 Å². The fourth-order valence-corrected chi connectivity index (χ4v) is 4.09. The molecule has 0 bridgehead atoms. The number of halogens is 1. The summed E-state index contributed by atoms with van der Waals surface area (Å²) in [6, 6.07) is 4.70. The van der Waals surface area contributed by atoms with Crippen LogP contribution in [0.4, 0.5) is 4.39 Å². The highest BCUT2D eigenvalue weighted by molar-refractivity contribution is 7.21. The average Bonchev–Trinajstić information content (AvgIpc) is 3.07. The number of amides is 2. The van der Waals surface area contributed by atoms with Crippen LogP contribution in [0.2, 0.25) is 0 Å². The third-order valence-corrected chi connectivity index (χ3v) is 5.44. The summed E-state index contributed by atoms with van der Waals surface area (Å²) in [6.07, 6.45) is -1.25. The van der Waals surface area contributed by atoms with Crippen molar-refractivity contribution in [1.29, 1.82) is 0 Å². The van der Waals surface area contributed by atoms with E-state index in [4.69, 9.17) is 10.5 Å². The van der Waals surface area contributed by atoms with Gasteiger partial charge in [0.05, 0.1) is 18.5 Å². The molecule has 1 aliphatic heterocycles. The minimum atomic E-state index is -1.22. The molecule has 2 N–H and O–H groups in total. The molecule has 23 heavy (non-hydrogen) atoms. The fraction of sp³-hybridized carbons (Fsp3) is 0.375. The van der Waals surface area contributed by atoms with Gasteiger partial charge in [-0.1, -0.05) is 0 Å². The molecule has 0 radical (unpaired) electrons. The van der Waals surface area contributed by atoms with Gasteiger partial charge in [-0.25, -0.2) is 4.39 Å². The number of nitrogens with two attached hydrogens (primary N) is 1. The smallest absolute Gasteiger partial charge is 0.265 e. The Hall–Kier alpha value is -2.15. The number of methoxy groups -OCH3 is 1. The lowest BCUT2D eigenvalue weighted by Crippen LogP contribution is -2.43. The Morgan fingerprint density at radius 3 is 2.83 bits per heavy atom. The lowest BCUT2D eigenvalue weighted by Gasteiger charge is -2.21. The molecule has 5 nitrogen and oxygen atoms in total. The van der Waals surface area contributed by atoms with Crippen LogP contribution in [0.3, 0.4) is 0 Å². The number of benzene rings is 1. The Balaban J connectivity index is 2.01. The molecule has 0 aliphatic carbocycles. The maximum Gasteiger partial charge on any atom is 0.265 e. The number of hydrogen-bond donors (Lipinski definition) is 1. The zero-order valence-corrected chi connectivity index (χ0v) is 13.7. The summed E-state index contributed by atoms with van der Waals surface area (Å²) in [5.41, 5.74) is 6.11. The number of aryl methyl sites for hydroxylation is 1. The number of carbonyl (C=O) groups excluding carboxylic acids is 2. The molecule has 3 rings (SSSR count). The Bertz CT molecular complexity index is 789. The Morgan fingerprint density at radius 2 is 2.17 bits per heavy atom. The largest absolute Gasteiger partial charge is 0.497 e. The van der Waals surface area contributed by atoms with Crippen LogP contribution in [-0.4, -0.2) is 42.6 Å². The van der Waals surface area contributed by atoms with Crippen molar-refractivity contribution in [3.05, 3.63) is 28.6 Å². The van der Waals surface area contributed by atoms with Crippen molar-refractivity contribution < 1.29 is 18.7 Å². The summed E-state index contributed by atoms with van der Waals surface area (Å²) < 4.78 is 19.8. The van der Waals surface area contributed by atoms with Crippen molar-refractivity contribution in [3.63, 3.8) is 0 Å². The summed E-state index contributed by atoms with van der Waals surface area (Å²) >= 11 is 1.33. The first-order valence-corrected chi connectivity index (χ1v) is 8.05. The number of hydrogen-bond acceptors (Lipinski definition) is 4.